The number of anilines is 1. The third kappa shape index (κ3) is 2.49. The molecule has 2 aliphatic rings. The van der Waals surface area contributed by atoms with E-state index < -0.39 is 29.2 Å². The molecule has 2 unspecified atom stereocenters. The molecule has 0 saturated carbocycles. The molecular weight excluding hydrogens is 306 g/mol. The minimum atomic E-state index is -1.28. The summed E-state index contributed by atoms with van der Waals surface area (Å²) in [5.41, 5.74) is -1.55. The second-order valence-electron chi connectivity index (χ2n) is 6.24. The molecule has 5 nitrogen and oxygen atoms in total. The Labute approximate surface area is 132 Å². The molecular formula is C16H18F2N2O3. The number of nitrogens with zero attached hydrogens (tertiary/aromatic N) is 2. The van der Waals surface area contributed by atoms with Gasteiger partial charge in [0.15, 0.2) is 5.60 Å². The number of hydrogen-bond donors (Lipinski definition) is 0. The highest BCUT2D eigenvalue weighted by Gasteiger charge is 2.58. The van der Waals surface area contributed by atoms with Crippen LogP contribution in [0, 0.1) is 17.6 Å². The summed E-state index contributed by atoms with van der Waals surface area (Å²) in [6.45, 7) is 3.25. The van der Waals surface area contributed by atoms with Crippen molar-refractivity contribution in [3.8, 4) is 0 Å². The van der Waals surface area contributed by atoms with Gasteiger partial charge in [0, 0.05) is 24.9 Å². The number of benzene rings is 1. The van der Waals surface area contributed by atoms with E-state index >= 15 is 0 Å². The van der Waals surface area contributed by atoms with Gasteiger partial charge in [-0.2, -0.15) is 0 Å². The Hall–Kier alpha value is -2.02. The van der Waals surface area contributed by atoms with Crippen LogP contribution in [0.3, 0.4) is 0 Å². The van der Waals surface area contributed by atoms with Gasteiger partial charge < -0.3 is 9.64 Å². The molecule has 2 atom stereocenters. The normalized spacial score (nSPS) is 29.0. The first-order chi connectivity index (χ1) is 10.8. The highest BCUT2D eigenvalue weighted by molar-refractivity contribution is 6.20. The summed E-state index contributed by atoms with van der Waals surface area (Å²) in [4.78, 5) is 27.9. The Bertz CT molecular complexity index is 667. The molecule has 3 rings (SSSR count). The highest BCUT2D eigenvalue weighted by atomic mass is 19.1. The summed E-state index contributed by atoms with van der Waals surface area (Å²) < 4.78 is 32.5. The van der Waals surface area contributed by atoms with Crippen LogP contribution in [0.1, 0.15) is 19.8 Å². The molecule has 0 aromatic heterocycles. The number of likely N-dealkylation sites (tertiary alicyclic amines) is 1. The summed E-state index contributed by atoms with van der Waals surface area (Å²) in [5.74, 6) is -2.50. The van der Waals surface area contributed by atoms with E-state index in [1.54, 1.807) is 0 Å². The van der Waals surface area contributed by atoms with Crippen LogP contribution in [-0.2, 0) is 9.53 Å². The molecule has 2 amide bonds. The topological polar surface area (TPSA) is 49.9 Å². The van der Waals surface area contributed by atoms with Crippen LogP contribution in [0.5, 0.6) is 0 Å². The minimum Gasteiger partial charge on any atom is -0.432 e. The number of imide groups is 1. The number of halogens is 2. The van der Waals surface area contributed by atoms with E-state index in [9.17, 15) is 18.4 Å². The van der Waals surface area contributed by atoms with Crippen molar-refractivity contribution in [3.63, 3.8) is 0 Å². The summed E-state index contributed by atoms with van der Waals surface area (Å²) in [7, 11) is 1.93. The van der Waals surface area contributed by atoms with Crippen molar-refractivity contribution in [2.75, 3.05) is 25.0 Å². The van der Waals surface area contributed by atoms with Gasteiger partial charge in [0.2, 0.25) is 0 Å². The minimum absolute atomic E-state index is 0.183. The van der Waals surface area contributed by atoms with Crippen molar-refractivity contribution in [1.29, 1.82) is 0 Å². The molecule has 2 heterocycles. The van der Waals surface area contributed by atoms with Crippen molar-refractivity contribution in [3.05, 3.63) is 29.8 Å². The molecule has 1 aromatic carbocycles. The second kappa shape index (κ2) is 5.56. The van der Waals surface area contributed by atoms with E-state index in [4.69, 9.17) is 4.74 Å². The SMILES string of the molecule is CC1CCN(C)CCC12OC(=O)N(c1ccc(F)cc1F)C2=O. The summed E-state index contributed by atoms with van der Waals surface area (Å²) in [6, 6.07) is 2.73. The molecule has 7 heteroatoms. The molecule has 0 radical (unpaired) electrons. The number of ether oxygens (including phenoxy) is 1. The number of amides is 2. The van der Waals surface area contributed by atoms with Crippen LogP contribution in [0.25, 0.3) is 0 Å². The second-order valence-corrected chi connectivity index (χ2v) is 6.24. The molecule has 2 aliphatic heterocycles. The maximum atomic E-state index is 14.0. The van der Waals surface area contributed by atoms with Crippen LogP contribution in [0.2, 0.25) is 0 Å². The predicted octanol–water partition coefficient (Wildman–Crippen LogP) is 2.55. The zero-order valence-electron chi connectivity index (χ0n) is 13.0. The van der Waals surface area contributed by atoms with E-state index in [-0.39, 0.29) is 11.6 Å². The van der Waals surface area contributed by atoms with Crippen LogP contribution < -0.4 is 4.90 Å². The summed E-state index contributed by atoms with van der Waals surface area (Å²) >= 11 is 0. The standard InChI is InChI=1S/C16H18F2N2O3/c1-10-5-7-19(2)8-6-16(10)14(21)20(15(22)23-16)13-4-3-11(17)9-12(13)18/h3-4,9-10H,5-8H2,1-2H3. The van der Waals surface area contributed by atoms with Crippen LogP contribution >= 0.6 is 0 Å². The number of carbonyl (C=O) groups excluding carboxylic acids is 2. The largest absolute Gasteiger partial charge is 0.432 e. The molecule has 0 N–H and O–H groups in total. The van der Waals surface area contributed by atoms with E-state index in [1.807, 2.05) is 14.0 Å². The average molecular weight is 324 g/mol. The molecule has 0 aliphatic carbocycles. The van der Waals surface area contributed by atoms with Crippen molar-refractivity contribution in [2.24, 2.45) is 5.92 Å². The first kappa shape index (κ1) is 15.9. The lowest BCUT2D eigenvalue weighted by atomic mass is 9.83. The monoisotopic (exact) mass is 324 g/mol. The lowest BCUT2D eigenvalue weighted by Gasteiger charge is -2.29. The van der Waals surface area contributed by atoms with Crippen molar-refractivity contribution in [1.82, 2.24) is 4.90 Å². The fourth-order valence-electron chi connectivity index (χ4n) is 3.22. The highest BCUT2D eigenvalue weighted by Crippen LogP contribution is 2.40. The smallest absolute Gasteiger partial charge is 0.422 e. The maximum absolute atomic E-state index is 14.0. The van der Waals surface area contributed by atoms with Crippen molar-refractivity contribution >= 4 is 17.7 Å². The number of carbonyl (C=O) groups is 2. The summed E-state index contributed by atoms with van der Waals surface area (Å²) in [5, 5.41) is 0. The number of rotatable bonds is 1. The molecule has 23 heavy (non-hydrogen) atoms. The van der Waals surface area contributed by atoms with Crippen LogP contribution in [0.15, 0.2) is 18.2 Å². The molecule has 0 bridgehead atoms. The Morgan fingerprint density at radius 1 is 1.26 bits per heavy atom. The molecule has 2 saturated heterocycles. The third-order valence-corrected chi connectivity index (χ3v) is 4.77. The Kier molecular flexibility index (Phi) is 3.83. The van der Waals surface area contributed by atoms with Gasteiger partial charge in [0.25, 0.3) is 5.91 Å². The van der Waals surface area contributed by atoms with Crippen LogP contribution in [0.4, 0.5) is 19.3 Å². The fourth-order valence-corrected chi connectivity index (χ4v) is 3.22. The van der Waals surface area contributed by atoms with Gasteiger partial charge in [0.05, 0.1) is 5.69 Å². The fraction of sp³-hybridized carbons (Fsp3) is 0.500. The Morgan fingerprint density at radius 3 is 2.70 bits per heavy atom. The third-order valence-electron chi connectivity index (χ3n) is 4.77. The zero-order valence-corrected chi connectivity index (χ0v) is 13.0. The van der Waals surface area contributed by atoms with Gasteiger partial charge >= 0.3 is 6.09 Å². The predicted molar refractivity (Wildman–Crippen MR) is 79.0 cm³/mol. The van der Waals surface area contributed by atoms with Gasteiger partial charge in [-0.3, -0.25) is 4.79 Å². The van der Waals surface area contributed by atoms with E-state index in [0.717, 1.165) is 18.7 Å². The van der Waals surface area contributed by atoms with Gasteiger partial charge in [-0.1, -0.05) is 6.92 Å². The first-order valence-electron chi connectivity index (χ1n) is 7.56. The van der Waals surface area contributed by atoms with Crippen molar-refractivity contribution in [2.45, 2.75) is 25.4 Å². The van der Waals surface area contributed by atoms with Gasteiger partial charge in [-0.05, 0) is 32.1 Å². The van der Waals surface area contributed by atoms with Crippen LogP contribution in [-0.4, -0.2) is 42.6 Å². The first-order valence-corrected chi connectivity index (χ1v) is 7.56. The van der Waals surface area contributed by atoms with Crippen molar-refractivity contribution < 1.29 is 23.1 Å². The van der Waals surface area contributed by atoms with Gasteiger partial charge in [-0.25, -0.2) is 18.5 Å². The quantitative estimate of drug-likeness (QED) is 0.797. The molecule has 2 fully saturated rings. The van der Waals surface area contributed by atoms with Gasteiger partial charge in [0.1, 0.15) is 11.6 Å². The Balaban J connectivity index is 1.99. The summed E-state index contributed by atoms with van der Waals surface area (Å²) in [6.07, 6.45) is 0.140. The molecule has 1 aromatic rings. The molecule has 1 spiro atoms. The Morgan fingerprint density at radius 2 is 2.00 bits per heavy atom. The zero-order chi connectivity index (χ0) is 16.8. The van der Waals surface area contributed by atoms with E-state index in [2.05, 4.69) is 4.90 Å². The lowest BCUT2D eigenvalue weighted by Crippen LogP contribution is -2.46. The maximum Gasteiger partial charge on any atom is 0.422 e. The van der Waals surface area contributed by atoms with E-state index in [1.165, 1.54) is 0 Å². The molecule has 124 valence electrons. The lowest BCUT2D eigenvalue weighted by molar-refractivity contribution is -0.134. The average Bonchev–Trinajstić information content (AvgIpc) is 2.65. The van der Waals surface area contributed by atoms with E-state index in [0.29, 0.717) is 30.4 Å². The number of hydrogen-bond acceptors (Lipinski definition) is 4. The van der Waals surface area contributed by atoms with Gasteiger partial charge in [-0.15, -0.1) is 0 Å².